The molecule has 1 aliphatic rings. The van der Waals surface area contributed by atoms with Gasteiger partial charge in [-0.1, -0.05) is 60.5 Å². The van der Waals surface area contributed by atoms with Gasteiger partial charge in [0.1, 0.15) is 11.5 Å². The minimum Gasteiger partial charge on any atom is -0.490 e. The number of nitrogens with two attached hydrogens (primary N) is 1. The van der Waals surface area contributed by atoms with E-state index in [1.807, 2.05) is 41.1 Å². The number of aliphatic hydroxyl groups excluding tert-OH is 1. The van der Waals surface area contributed by atoms with E-state index in [0.717, 1.165) is 60.8 Å². The highest BCUT2D eigenvalue weighted by Gasteiger charge is 2.24. The maximum Gasteiger partial charge on any atom is 0.268 e. The number of sulfonamides is 1. The zero-order valence-electron chi connectivity index (χ0n) is 23.6. The van der Waals surface area contributed by atoms with Gasteiger partial charge >= 0.3 is 0 Å². The fourth-order valence-corrected chi connectivity index (χ4v) is 5.97. The van der Waals surface area contributed by atoms with Crippen LogP contribution >= 0.6 is 24.0 Å². The van der Waals surface area contributed by atoms with E-state index in [1.54, 1.807) is 24.3 Å². The topological polar surface area (TPSA) is 148 Å². The van der Waals surface area contributed by atoms with Gasteiger partial charge in [-0.05, 0) is 85.2 Å². The average Bonchev–Trinajstić information content (AvgIpc) is 2.95. The number of halogens is 2. The number of carbonyl (C=O) groups is 2. The molecule has 0 saturated heterocycles. The number of hydrogen-bond donors (Lipinski definition) is 4. The summed E-state index contributed by atoms with van der Waals surface area (Å²) in [6, 6.07) is 20.2. The molecule has 3 aromatic carbocycles. The summed E-state index contributed by atoms with van der Waals surface area (Å²) in [6.07, 6.45) is 4.91. The van der Waals surface area contributed by atoms with E-state index in [0.29, 0.717) is 18.1 Å². The van der Waals surface area contributed by atoms with Crippen LogP contribution in [0.5, 0.6) is 5.75 Å². The summed E-state index contributed by atoms with van der Waals surface area (Å²) in [7, 11) is -4.23. The predicted octanol–water partition coefficient (Wildman–Crippen LogP) is 4.55. The average molecular weight is 651 g/mol. The summed E-state index contributed by atoms with van der Waals surface area (Å²) >= 11 is 6.01. The van der Waals surface area contributed by atoms with Crippen LogP contribution in [0.4, 0.5) is 0 Å². The highest BCUT2D eigenvalue weighted by molar-refractivity contribution is 7.90. The number of primary amides is 1. The summed E-state index contributed by atoms with van der Waals surface area (Å²) in [6.45, 7) is 1.09. The molecule has 2 amide bonds. The van der Waals surface area contributed by atoms with Crippen LogP contribution in [0.3, 0.4) is 0 Å². The molecule has 9 nitrogen and oxygen atoms in total. The Hall–Kier alpha value is -3.15. The van der Waals surface area contributed by atoms with Gasteiger partial charge in [0.15, 0.2) is 0 Å². The molecule has 0 aromatic heterocycles. The molecular formula is C31H37Cl2N3O6S. The number of rotatable bonds is 13. The van der Waals surface area contributed by atoms with Crippen molar-refractivity contribution in [2.24, 2.45) is 5.73 Å². The van der Waals surface area contributed by atoms with Crippen LogP contribution in [0.15, 0.2) is 66.7 Å². The van der Waals surface area contributed by atoms with Crippen LogP contribution in [0.25, 0.3) is 11.1 Å². The Labute approximate surface area is 263 Å². The first-order chi connectivity index (χ1) is 20.1. The summed E-state index contributed by atoms with van der Waals surface area (Å²) < 4.78 is 32.5. The van der Waals surface area contributed by atoms with Crippen LogP contribution in [0.2, 0.25) is 5.02 Å². The molecule has 1 saturated carbocycles. The predicted molar refractivity (Wildman–Crippen MR) is 170 cm³/mol. The molecule has 4 rings (SSSR count). The first-order valence-corrected chi connectivity index (χ1v) is 16.0. The number of nitrogens with one attached hydrogen (secondary N) is 2. The fraction of sp³-hybridized carbons (Fsp3) is 0.355. The largest absolute Gasteiger partial charge is 0.490 e. The first kappa shape index (κ1) is 34.3. The standard InChI is InChI=1S/C31H36ClN3O6S.ClH/c32-25-6-4-5-24(17-25)28(36)19-34-16-15-21-9-11-22(12-10-21)23-13-14-27(31(38)35-42(39,40)20-30(33)37)29(18-23)41-26-7-2-1-3-8-26;/h4-6,9-14,17-18,26,28,34,36H,1-3,7-8,15-16,19-20H2,(H2,33,37)(H,35,38);1H/t28-;/m0./s1. The van der Waals surface area contributed by atoms with Crippen molar-refractivity contribution in [2.75, 3.05) is 18.8 Å². The van der Waals surface area contributed by atoms with E-state index in [2.05, 4.69) is 5.32 Å². The Morgan fingerprint density at radius 1 is 1.00 bits per heavy atom. The van der Waals surface area contributed by atoms with Gasteiger partial charge < -0.3 is 20.9 Å². The van der Waals surface area contributed by atoms with Gasteiger partial charge in [-0.15, -0.1) is 12.4 Å². The lowest BCUT2D eigenvalue weighted by molar-refractivity contribution is -0.115. The summed E-state index contributed by atoms with van der Waals surface area (Å²) in [4.78, 5) is 24.0. The lowest BCUT2D eigenvalue weighted by atomic mass is 9.97. The minimum atomic E-state index is -4.23. The lowest BCUT2D eigenvalue weighted by Crippen LogP contribution is -2.37. The normalized spacial score (nSPS) is 14.4. The van der Waals surface area contributed by atoms with Crippen molar-refractivity contribution in [3.8, 4) is 16.9 Å². The zero-order valence-corrected chi connectivity index (χ0v) is 26.0. The third kappa shape index (κ3) is 10.5. The van der Waals surface area contributed by atoms with Crippen molar-refractivity contribution < 1.29 is 27.9 Å². The van der Waals surface area contributed by atoms with Crippen molar-refractivity contribution in [3.63, 3.8) is 0 Å². The maximum atomic E-state index is 12.9. The molecule has 3 aromatic rings. The van der Waals surface area contributed by atoms with Crippen molar-refractivity contribution >= 4 is 45.8 Å². The molecule has 1 atom stereocenters. The minimum absolute atomic E-state index is 0. The SMILES string of the molecule is Cl.NC(=O)CS(=O)(=O)NC(=O)c1ccc(-c2ccc(CCNC[C@H](O)c3cccc(Cl)c3)cc2)cc1OC1CCCCC1. The van der Waals surface area contributed by atoms with Gasteiger partial charge in [0.05, 0.1) is 17.8 Å². The van der Waals surface area contributed by atoms with E-state index < -0.39 is 33.7 Å². The lowest BCUT2D eigenvalue weighted by Gasteiger charge is -2.24. The molecule has 43 heavy (non-hydrogen) atoms. The Bertz CT molecular complexity index is 1500. The molecule has 0 unspecified atom stereocenters. The molecule has 12 heteroatoms. The number of hydrogen-bond acceptors (Lipinski definition) is 7. The van der Waals surface area contributed by atoms with Crippen LogP contribution in [-0.2, 0) is 21.2 Å². The Morgan fingerprint density at radius 2 is 1.70 bits per heavy atom. The second-order valence-electron chi connectivity index (χ2n) is 10.5. The Balaban J connectivity index is 0.00000506. The highest BCUT2D eigenvalue weighted by atomic mass is 35.5. The second-order valence-corrected chi connectivity index (χ2v) is 12.6. The van der Waals surface area contributed by atoms with E-state index in [1.165, 1.54) is 6.07 Å². The van der Waals surface area contributed by atoms with Gasteiger partial charge in [-0.25, -0.2) is 13.1 Å². The smallest absolute Gasteiger partial charge is 0.268 e. The monoisotopic (exact) mass is 649 g/mol. The van der Waals surface area contributed by atoms with Crippen LogP contribution in [0, 0.1) is 0 Å². The molecule has 0 bridgehead atoms. The molecule has 0 heterocycles. The van der Waals surface area contributed by atoms with Crippen molar-refractivity contribution in [1.82, 2.24) is 10.0 Å². The number of benzene rings is 3. The molecule has 232 valence electrons. The molecule has 0 aliphatic heterocycles. The van der Waals surface area contributed by atoms with E-state index in [4.69, 9.17) is 22.1 Å². The molecule has 0 spiro atoms. The third-order valence-corrected chi connectivity index (χ3v) is 8.50. The van der Waals surface area contributed by atoms with Crippen molar-refractivity contribution in [2.45, 2.75) is 50.7 Å². The van der Waals surface area contributed by atoms with Gasteiger partial charge in [0, 0.05) is 11.6 Å². The summed E-state index contributed by atoms with van der Waals surface area (Å²) in [5.74, 6) is -2.63. The summed E-state index contributed by atoms with van der Waals surface area (Å²) in [5, 5.41) is 14.2. The zero-order chi connectivity index (χ0) is 30.1. The fourth-order valence-electron chi connectivity index (χ4n) is 4.94. The number of aliphatic hydroxyl groups is 1. The molecule has 0 radical (unpaired) electrons. The number of ether oxygens (including phenoxy) is 1. The third-order valence-electron chi connectivity index (χ3n) is 7.10. The quantitative estimate of drug-likeness (QED) is 0.199. The highest BCUT2D eigenvalue weighted by Crippen LogP contribution is 2.31. The number of amides is 2. The van der Waals surface area contributed by atoms with Crippen LogP contribution in [0.1, 0.15) is 59.7 Å². The van der Waals surface area contributed by atoms with Crippen molar-refractivity contribution in [1.29, 1.82) is 0 Å². The van der Waals surface area contributed by atoms with Gasteiger partial charge in [-0.3, -0.25) is 9.59 Å². The van der Waals surface area contributed by atoms with Gasteiger partial charge in [0.25, 0.3) is 5.91 Å². The van der Waals surface area contributed by atoms with Gasteiger partial charge in [-0.2, -0.15) is 0 Å². The van der Waals surface area contributed by atoms with Crippen LogP contribution < -0.4 is 20.5 Å². The Kier molecular flexibility index (Phi) is 12.8. The first-order valence-electron chi connectivity index (χ1n) is 14.0. The second kappa shape index (κ2) is 16.1. The van der Waals surface area contributed by atoms with Crippen LogP contribution in [-0.4, -0.2) is 50.3 Å². The molecule has 5 N–H and O–H groups in total. The number of carbonyl (C=O) groups excluding carboxylic acids is 2. The molecular weight excluding hydrogens is 613 g/mol. The van der Waals surface area contributed by atoms with E-state index >= 15 is 0 Å². The van der Waals surface area contributed by atoms with Crippen molar-refractivity contribution in [3.05, 3.63) is 88.4 Å². The van der Waals surface area contributed by atoms with E-state index in [9.17, 15) is 23.1 Å². The molecule has 1 aliphatic carbocycles. The molecule has 1 fully saturated rings. The summed E-state index contributed by atoms with van der Waals surface area (Å²) in [5.41, 5.74) is 8.67. The Morgan fingerprint density at radius 3 is 2.37 bits per heavy atom. The van der Waals surface area contributed by atoms with Gasteiger partial charge in [0.2, 0.25) is 15.9 Å². The maximum absolute atomic E-state index is 12.9. The van der Waals surface area contributed by atoms with E-state index in [-0.39, 0.29) is 29.8 Å².